The Bertz CT molecular complexity index is 1190. The number of Topliss-reactive ketones (excluding diaryl/α,β-unsaturated/α-hetero) is 1. The fourth-order valence-corrected chi connectivity index (χ4v) is 5.21. The number of rotatable bonds is 5. The van der Waals surface area contributed by atoms with Crippen LogP contribution in [0.4, 0.5) is 0 Å². The highest BCUT2D eigenvalue weighted by Crippen LogP contribution is 2.45. The summed E-state index contributed by atoms with van der Waals surface area (Å²) in [4.78, 5) is 28.2. The van der Waals surface area contributed by atoms with Crippen LogP contribution in [0.5, 0.6) is 17.2 Å². The molecule has 1 saturated heterocycles. The van der Waals surface area contributed by atoms with Crippen LogP contribution in [0.15, 0.2) is 42.0 Å². The number of ether oxygens (including phenoxy) is 2. The Morgan fingerprint density at radius 3 is 2.17 bits per heavy atom. The maximum atomic E-state index is 13.4. The van der Waals surface area contributed by atoms with E-state index in [9.17, 15) is 19.8 Å². The first kappa shape index (κ1) is 24.6. The number of aromatic hydroxyl groups is 1. The molecule has 1 atom stereocenters. The Labute approximate surface area is 206 Å². The van der Waals surface area contributed by atoms with Crippen LogP contribution in [0.2, 0.25) is 0 Å². The molecule has 1 aliphatic heterocycles. The Balaban J connectivity index is 1.92. The van der Waals surface area contributed by atoms with Crippen LogP contribution in [0.3, 0.4) is 0 Å². The van der Waals surface area contributed by atoms with Crippen molar-refractivity contribution in [2.24, 2.45) is 0 Å². The van der Waals surface area contributed by atoms with Gasteiger partial charge in [0.25, 0.3) is 11.7 Å². The summed E-state index contributed by atoms with van der Waals surface area (Å²) in [5.41, 5.74) is 1.59. The second kappa shape index (κ2) is 9.29. The lowest BCUT2D eigenvalue weighted by Gasteiger charge is -2.31. The first-order valence-electron chi connectivity index (χ1n) is 11.9. The number of amides is 1. The number of methoxy groups -OCH3 is 2. The lowest BCUT2D eigenvalue weighted by Crippen LogP contribution is -2.37. The van der Waals surface area contributed by atoms with Gasteiger partial charge < -0.3 is 24.6 Å². The summed E-state index contributed by atoms with van der Waals surface area (Å²) in [6, 6.07) is 9.16. The van der Waals surface area contributed by atoms with Crippen LogP contribution >= 0.6 is 0 Å². The van der Waals surface area contributed by atoms with E-state index in [1.807, 2.05) is 20.8 Å². The number of hydrogen-bond donors (Lipinski definition) is 2. The minimum Gasteiger partial charge on any atom is -0.507 e. The normalized spacial score (nSPS) is 20.5. The predicted molar refractivity (Wildman–Crippen MR) is 133 cm³/mol. The van der Waals surface area contributed by atoms with E-state index in [4.69, 9.17) is 9.47 Å². The summed E-state index contributed by atoms with van der Waals surface area (Å²) in [7, 11) is 3.04. The van der Waals surface area contributed by atoms with Gasteiger partial charge in [0, 0.05) is 17.2 Å². The van der Waals surface area contributed by atoms with Gasteiger partial charge in [0.2, 0.25) is 0 Å². The van der Waals surface area contributed by atoms with Gasteiger partial charge in [-0.1, -0.05) is 39.7 Å². The number of aliphatic hydroxyl groups is 1. The zero-order valence-electron chi connectivity index (χ0n) is 20.9. The zero-order chi connectivity index (χ0) is 25.5. The third-order valence-electron chi connectivity index (χ3n) is 7.00. The van der Waals surface area contributed by atoms with Crippen molar-refractivity contribution in [3.8, 4) is 17.2 Å². The molecule has 1 heterocycles. The Hall–Kier alpha value is -3.48. The molecular weight excluding hydrogens is 446 g/mol. The zero-order valence-corrected chi connectivity index (χ0v) is 20.9. The lowest BCUT2D eigenvalue weighted by molar-refractivity contribution is -0.141. The van der Waals surface area contributed by atoms with Gasteiger partial charge in [0.1, 0.15) is 11.5 Å². The Morgan fingerprint density at radius 1 is 0.971 bits per heavy atom. The first-order valence-corrected chi connectivity index (χ1v) is 11.9. The topological polar surface area (TPSA) is 96.3 Å². The van der Waals surface area contributed by atoms with Gasteiger partial charge >= 0.3 is 0 Å². The molecule has 2 aromatic carbocycles. The molecule has 2 aromatic rings. The van der Waals surface area contributed by atoms with Gasteiger partial charge in [-0.25, -0.2) is 0 Å². The number of carbonyl (C=O) groups is 2. The maximum Gasteiger partial charge on any atom is 0.295 e. The second-order valence-electron chi connectivity index (χ2n) is 10.2. The summed E-state index contributed by atoms with van der Waals surface area (Å²) < 4.78 is 10.7. The number of nitrogens with zero attached hydrogens (tertiary/aromatic N) is 1. The van der Waals surface area contributed by atoms with Crippen molar-refractivity contribution in [1.82, 2.24) is 4.90 Å². The molecule has 35 heavy (non-hydrogen) atoms. The molecule has 4 rings (SSSR count). The van der Waals surface area contributed by atoms with Crippen LogP contribution < -0.4 is 9.47 Å². The van der Waals surface area contributed by atoms with Gasteiger partial charge in [-0.15, -0.1) is 0 Å². The Kier molecular flexibility index (Phi) is 6.54. The van der Waals surface area contributed by atoms with Gasteiger partial charge in [0.15, 0.2) is 11.5 Å². The molecule has 2 fully saturated rings. The fourth-order valence-electron chi connectivity index (χ4n) is 5.21. The van der Waals surface area contributed by atoms with E-state index in [2.05, 4.69) is 0 Å². The van der Waals surface area contributed by atoms with E-state index in [1.165, 1.54) is 13.2 Å². The number of ketones is 1. The smallest absolute Gasteiger partial charge is 0.295 e. The van der Waals surface area contributed by atoms with Crippen molar-refractivity contribution in [1.29, 1.82) is 0 Å². The minimum absolute atomic E-state index is 0.0245. The fraction of sp³-hybridized carbons (Fsp3) is 0.429. The molecule has 7 heteroatoms. The SMILES string of the molecule is COc1ccc(C2/C(=C(/O)c3ccc(OC)c(C(C)(C)C)c3)C(=O)C(=O)N2C2CCCC2)cc1O. The highest BCUT2D eigenvalue weighted by molar-refractivity contribution is 6.46. The van der Waals surface area contributed by atoms with Gasteiger partial charge in [0.05, 0.1) is 25.8 Å². The third kappa shape index (κ3) is 4.35. The Morgan fingerprint density at radius 2 is 1.60 bits per heavy atom. The number of phenolic OH excluding ortho intramolecular Hbond substituents is 1. The van der Waals surface area contributed by atoms with Crippen LogP contribution in [-0.4, -0.2) is 47.1 Å². The molecule has 0 aromatic heterocycles. The highest BCUT2D eigenvalue weighted by Gasteiger charge is 2.49. The molecule has 1 saturated carbocycles. The van der Waals surface area contributed by atoms with Crippen molar-refractivity contribution in [2.75, 3.05) is 14.2 Å². The lowest BCUT2D eigenvalue weighted by atomic mass is 9.84. The van der Waals surface area contributed by atoms with Crippen molar-refractivity contribution < 1.29 is 29.3 Å². The van der Waals surface area contributed by atoms with Crippen LogP contribution in [0.1, 0.15) is 69.2 Å². The quantitative estimate of drug-likeness (QED) is 0.353. The summed E-state index contributed by atoms with van der Waals surface area (Å²) in [6.07, 6.45) is 3.54. The number of aliphatic hydroxyl groups excluding tert-OH is 1. The molecule has 7 nitrogen and oxygen atoms in total. The summed E-state index contributed by atoms with van der Waals surface area (Å²) in [6.45, 7) is 6.11. The van der Waals surface area contributed by atoms with E-state index in [-0.39, 0.29) is 34.3 Å². The van der Waals surface area contributed by atoms with Gasteiger partial charge in [-0.2, -0.15) is 0 Å². The van der Waals surface area contributed by atoms with Crippen molar-refractivity contribution in [3.05, 3.63) is 58.7 Å². The number of likely N-dealkylation sites (tertiary alicyclic amines) is 1. The molecule has 1 unspecified atom stereocenters. The summed E-state index contributed by atoms with van der Waals surface area (Å²) >= 11 is 0. The predicted octanol–water partition coefficient (Wildman–Crippen LogP) is 5.07. The van der Waals surface area contributed by atoms with E-state index in [1.54, 1.807) is 42.3 Å². The average molecular weight is 480 g/mol. The summed E-state index contributed by atoms with van der Waals surface area (Å²) in [5, 5.41) is 21.9. The number of benzene rings is 2. The monoisotopic (exact) mass is 479 g/mol. The maximum absolute atomic E-state index is 13.4. The number of phenols is 1. The molecule has 0 bridgehead atoms. The molecule has 1 aliphatic carbocycles. The van der Waals surface area contributed by atoms with Crippen molar-refractivity contribution in [2.45, 2.75) is 64.0 Å². The van der Waals surface area contributed by atoms with Crippen molar-refractivity contribution in [3.63, 3.8) is 0 Å². The molecule has 0 radical (unpaired) electrons. The number of hydrogen-bond acceptors (Lipinski definition) is 6. The molecule has 2 aliphatic rings. The first-order chi connectivity index (χ1) is 16.6. The van der Waals surface area contributed by atoms with Gasteiger partial charge in [-0.05, 0) is 54.2 Å². The molecule has 2 N–H and O–H groups in total. The van der Waals surface area contributed by atoms with Crippen LogP contribution in [0, 0.1) is 0 Å². The van der Waals surface area contributed by atoms with E-state index >= 15 is 0 Å². The summed E-state index contributed by atoms with van der Waals surface area (Å²) in [5.74, 6) is -0.710. The van der Waals surface area contributed by atoms with E-state index in [0.29, 0.717) is 16.9 Å². The van der Waals surface area contributed by atoms with E-state index in [0.717, 1.165) is 31.2 Å². The third-order valence-corrected chi connectivity index (χ3v) is 7.00. The van der Waals surface area contributed by atoms with Crippen molar-refractivity contribution >= 4 is 17.4 Å². The van der Waals surface area contributed by atoms with Gasteiger partial charge in [-0.3, -0.25) is 9.59 Å². The second-order valence-corrected chi connectivity index (χ2v) is 10.2. The average Bonchev–Trinajstić information content (AvgIpc) is 3.44. The van der Waals surface area contributed by atoms with E-state index < -0.39 is 17.7 Å². The van der Waals surface area contributed by atoms with Crippen LogP contribution in [-0.2, 0) is 15.0 Å². The molecule has 0 spiro atoms. The van der Waals surface area contributed by atoms with Crippen LogP contribution in [0.25, 0.3) is 5.76 Å². The highest BCUT2D eigenvalue weighted by atomic mass is 16.5. The number of carbonyl (C=O) groups excluding carboxylic acids is 2. The molecular formula is C28H33NO6. The minimum atomic E-state index is -0.810. The largest absolute Gasteiger partial charge is 0.507 e. The molecule has 186 valence electrons. The molecule has 1 amide bonds. The standard InChI is InChI=1S/C28H33NO6/c1-28(2,3)19-14-17(11-12-21(19)34-4)25(31)23-24(16-10-13-22(35-5)20(30)15-16)29(27(33)26(23)32)18-8-6-7-9-18/h10-15,18,24,30-31H,6-9H2,1-5H3/b25-23-.